The van der Waals surface area contributed by atoms with Gasteiger partial charge < -0.3 is 10.2 Å². The van der Waals surface area contributed by atoms with Gasteiger partial charge in [-0.15, -0.1) is 0 Å². The Balaban J connectivity index is 0.00000104. The van der Waals surface area contributed by atoms with E-state index < -0.39 is 0 Å². The van der Waals surface area contributed by atoms with Crippen molar-refractivity contribution in [2.75, 3.05) is 0 Å². The van der Waals surface area contributed by atoms with Gasteiger partial charge in [0.2, 0.25) is 0 Å². The smallest absolute Gasteiger partial charge is 0.177 e. The number of fused-ring (bicyclic) bond motifs is 5. The van der Waals surface area contributed by atoms with Crippen molar-refractivity contribution in [2.24, 2.45) is 17.3 Å². The minimum Gasteiger partial charge on any atom is -0.508 e. The molecule has 2 fully saturated rings. The molecule has 1 aromatic rings. The maximum Gasteiger partial charge on any atom is 0.177 e. The molecule has 0 aliphatic heterocycles. The number of ketones is 1. The van der Waals surface area contributed by atoms with E-state index >= 15 is 0 Å². The second-order valence-electron chi connectivity index (χ2n) is 7.47. The number of hydrogen-bond acceptors (Lipinski definition) is 3. The summed E-state index contributed by atoms with van der Waals surface area (Å²) in [6.45, 7) is 2.20. The summed E-state index contributed by atoms with van der Waals surface area (Å²) in [6.07, 6.45) is 3.62. The average molecular weight is 819 g/mol. The van der Waals surface area contributed by atoms with Gasteiger partial charge in [0, 0.05) is 93.7 Å². The third-order valence-electron chi connectivity index (χ3n) is 6.57. The van der Waals surface area contributed by atoms with Gasteiger partial charge in [-0.2, -0.15) is 0 Å². The van der Waals surface area contributed by atoms with Crippen LogP contribution in [0.15, 0.2) is 18.2 Å². The third-order valence-corrected chi connectivity index (χ3v) is 7.60. The van der Waals surface area contributed by atoms with E-state index in [1.807, 2.05) is 6.07 Å². The van der Waals surface area contributed by atoms with Crippen molar-refractivity contribution in [2.45, 2.75) is 49.5 Å². The number of Topliss-reactive ketones (excluding diaryl/α,β-unsaturated/α-hetero) is 1. The second kappa shape index (κ2) is 8.17. The van der Waals surface area contributed by atoms with E-state index in [1.165, 1.54) is 0 Å². The van der Waals surface area contributed by atoms with Gasteiger partial charge >= 0.3 is 0 Å². The first-order chi connectivity index (χ1) is 10.4. The van der Waals surface area contributed by atoms with Gasteiger partial charge in [0.25, 0.3) is 0 Å². The summed E-state index contributed by atoms with van der Waals surface area (Å²) in [5, 5.41) is 20.1. The molecule has 2 saturated carbocycles. The molecule has 0 heterocycles. The summed E-state index contributed by atoms with van der Waals surface area (Å²) in [7, 11) is 0. The third kappa shape index (κ3) is 3.31. The molecule has 0 amide bonds. The molecule has 1 aromatic carbocycles. The van der Waals surface area contributed by atoms with Crippen LogP contribution in [0.1, 0.15) is 54.4 Å². The minimum atomic E-state index is -0.241. The summed E-state index contributed by atoms with van der Waals surface area (Å²) in [5.41, 5.74) is 1.71. The first-order valence-corrected chi connectivity index (χ1v) is 9.04. The predicted octanol–water partition coefficient (Wildman–Crippen LogP) is 3.62. The van der Waals surface area contributed by atoms with E-state index in [0.717, 1.165) is 31.2 Å². The van der Waals surface area contributed by atoms with Crippen molar-refractivity contribution in [1.29, 1.82) is 0 Å². The number of aliphatic hydroxyl groups is 1. The van der Waals surface area contributed by atoms with Gasteiger partial charge in [0.15, 0.2) is 5.78 Å². The fourth-order valence-corrected chi connectivity index (χ4v) is 6.33. The monoisotopic (exact) mass is 818 g/mol. The van der Waals surface area contributed by atoms with Crippen LogP contribution in [0.2, 0.25) is 0 Å². The Morgan fingerprint density at radius 1 is 1.21 bits per heavy atom. The topological polar surface area (TPSA) is 57.5 Å². The molecule has 4 rings (SSSR count). The molecular weight excluding hydrogens is 798 g/mol. The molecule has 0 spiro atoms. The quantitative estimate of drug-likeness (QED) is 0.394. The predicted molar refractivity (Wildman–Crippen MR) is 87.5 cm³/mol. The molecule has 6 atom stereocenters. The van der Waals surface area contributed by atoms with E-state index in [2.05, 4.69) is 22.9 Å². The maximum atomic E-state index is 12.8. The molecule has 3 aliphatic carbocycles. The number of phenols is 1. The van der Waals surface area contributed by atoms with Crippen molar-refractivity contribution in [3.63, 3.8) is 0 Å². The standard InChI is InChI=1S/C18H21BrO3.2Ac/c1-18-7-6-11-10-3-2-9(20)8-12(10)17(22)16(19)15(11)13(18)4-5-14(18)21;;/h2-3,8,11,13-16,20-21H,4-7H2,1H3;;/t11?,13?,14?,15?,16?,18-;;/m0../s1. The molecule has 3 nitrogen and oxygen atoms in total. The van der Waals surface area contributed by atoms with Crippen LogP contribution in [0.5, 0.6) is 5.75 Å². The van der Waals surface area contributed by atoms with Gasteiger partial charge in [0.05, 0.1) is 10.9 Å². The number of aliphatic hydroxyl groups excluding tert-OH is 1. The number of carbonyl (C=O) groups is 1. The number of alkyl halides is 1. The van der Waals surface area contributed by atoms with Gasteiger partial charge in [-0.05, 0) is 66.5 Å². The largest absolute Gasteiger partial charge is 0.508 e. The average Bonchev–Trinajstić information content (AvgIpc) is 2.80. The summed E-state index contributed by atoms with van der Waals surface area (Å²) in [6, 6.07) is 5.22. The van der Waals surface area contributed by atoms with Crippen molar-refractivity contribution in [3.8, 4) is 5.75 Å². The SMILES string of the molecule is C[C@]12CCC3c4ccc(O)cc4C(=O)C(Br)C3C1CCC2O.[Ac].[Ac]. The minimum absolute atomic E-state index is 0. The van der Waals surface area contributed by atoms with Crippen LogP contribution in [0.4, 0.5) is 0 Å². The summed E-state index contributed by atoms with van der Waals surface area (Å²) in [5.74, 6) is 1.22. The zero-order chi connectivity index (χ0) is 15.6. The van der Waals surface area contributed by atoms with E-state index in [0.29, 0.717) is 17.4 Å². The van der Waals surface area contributed by atoms with E-state index in [-0.39, 0.29) is 122 Å². The van der Waals surface area contributed by atoms with E-state index in [4.69, 9.17) is 0 Å². The van der Waals surface area contributed by atoms with Gasteiger partial charge in [-0.1, -0.05) is 28.9 Å². The van der Waals surface area contributed by atoms with Crippen LogP contribution >= 0.6 is 15.9 Å². The molecule has 5 unspecified atom stereocenters. The Morgan fingerprint density at radius 3 is 2.62 bits per heavy atom. The van der Waals surface area contributed by atoms with E-state index in [9.17, 15) is 15.0 Å². The van der Waals surface area contributed by atoms with Crippen LogP contribution in [0, 0.1) is 105 Å². The Kier molecular flexibility index (Phi) is 7.59. The van der Waals surface area contributed by atoms with Crippen LogP contribution < -0.4 is 0 Å². The number of benzene rings is 1. The molecule has 6 heteroatoms. The van der Waals surface area contributed by atoms with Crippen LogP contribution in [-0.4, -0.2) is 26.9 Å². The normalized spacial score (nSPS) is 39.8. The fraction of sp³-hybridized carbons (Fsp3) is 0.611. The van der Waals surface area contributed by atoms with Crippen molar-refractivity contribution in [1.82, 2.24) is 0 Å². The molecule has 0 aromatic heterocycles. The van der Waals surface area contributed by atoms with Crippen molar-refractivity contribution in [3.05, 3.63) is 29.3 Å². The zero-order valence-electron chi connectivity index (χ0n) is 13.8. The number of rotatable bonds is 0. The van der Waals surface area contributed by atoms with Crippen LogP contribution in [0.25, 0.3) is 0 Å². The number of carbonyl (C=O) groups excluding carboxylic acids is 1. The summed E-state index contributed by atoms with van der Waals surface area (Å²) >= 11 is 3.66. The fourth-order valence-electron chi connectivity index (χ4n) is 5.34. The molecule has 0 bridgehead atoms. The van der Waals surface area contributed by atoms with Crippen LogP contribution in [-0.2, 0) is 0 Å². The first kappa shape index (κ1) is 22.3. The number of hydrogen-bond donors (Lipinski definition) is 2. The van der Waals surface area contributed by atoms with Gasteiger partial charge in [0.1, 0.15) is 5.75 Å². The summed E-state index contributed by atoms with van der Waals surface area (Å²) < 4.78 is 0. The zero-order valence-corrected chi connectivity index (χ0v) is 24.9. The van der Waals surface area contributed by atoms with Gasteiger partial charge in [-0.3, -0.25) is 4.79 Å². The molecule has 24 heavy (non-hydrogen) atoms. The maximum absolute atomic E-state index is 12.8. The Morgan fingerprint density at radius 2 is 1.92 bits per heavy atom. The van der Waals surface area contributed by atoms with Crippen LogP contribution in [0.3, 0.4) is 0 Å². The molecule has 124 valence electrons. The Hall–Kier alpha value is 2.01. The number of halogens is 1. The van der Waals surface area contributed by atoms with E-state index in [1.54, 1.807) is 12.1 Å². The Labute approximate surface area is 223 Å². The number of phenolic OH excluding ortho intramolecular Hbond substituents is 1. The number of aromatic hydroxyl groups is 1. The van der Waals surface area contributed by atoms with Crippen molar-refractivity contribution < 1.29 is 103 Å². The molecule has 0 saturated heterocycles. The second-order valence-corrected chi connectivity index (χ2v) is 8.45. The first-order valence-electron chi connectivity index (χ1n) is 8.13. The molecule has 2 radical (unpaired) electrons. The van der Waals surface area contributed by atoms with Crippen molar-refractivity contribution >= 4 is 21.7 Å². The molecule has 2 N–H and O–H groups in total. The molecule has 3 aliphatic rings. The Bertz CT molecular complexity index is 653. The van der Waals surface area contributed by atoms with Gasteiger partial charge in [-0.25, -0.2) is 0 Å². The summed E-state index contributed by atoms with van der Waals surface area (Å²) in [4.78, 5) is 12.6. The molecular formula is C18H21Ac2BrO3.